The SMILES string of the molecule is N#Cc1ccc2nc(NC3CCC3)c(N3CCN(Cc4cc(Cl)ccc4Cl)CC3)nc2c1. The van der Waals surface area contributed by atoms with Crippen LogP contribution in [0, 0.1) is 11.3 Å². The van der Waals surface area contributed by atoms with Crippen LogP contribution >= 0.6 is 23.2 Å². The monoisotopic (exact) mass is 466 g/mol. The maximum absolute atomic E-state index is 9.27. The average Bonchev–Trinajstić information content (AvgIpc) is 2.78. The van der Waals surface area contributed by atoms with Crippen LogP contribution in [0.4, 0.5) is 11.6 Å². The topological polar surface area (TPSA) is 68.1 Å². The summed E-state index contributed by atoms with van der Waals surface area (Å²) in [5, 5.41) is 14.3. The molecule has 1 aliphatic carbocycles. The number of nitrogens with one attached hydrogen (secondary N) is 1. The molecule has 2 aromatic carbocycles. The van der Waals surface area contributed by atoms with Crippen LogP contribution in [0.5, 0.6) is 0 Å². The van der Waals surface area contributed by atoms with Gasteiger partial charge in [-0.1, -0.05) is 23.2 Å². The first-order valence-electron chi connectivity index (χ1n) is 11.0. The molecule has 2 fully saturated rings. The van der Waals surface area contributed by atoms with Gasteiger partial charge >= 0.3 is 0 Å². The van der Waals surface area contributed by atoms with Gasteiger partial charge in [0.25, 0.3) is 0 Å². The Morgan fingerprint density at radius 1 is 1.00 bits per heavy atom. The third-order valence-corrected chi connectivity index (χ3v) is 6.90. The molecule has 0 unspecified atom stereocenters. The Hall–Kier alpha value is -2.59. The number of aromatic nitrogens is 2. The van der Waals surface area contributed by atoms with E-state index in [-0.39, 0.29) is 0 Å². The molecule has 1 aromatic heterocycles. The molecule has 0 amide bonds. The highest BCUT2D eigenvalue weighted by Crippen LogP contribution is 2.31. The summed E-state index contributed by atoms with van der Waals surface area (Å²) < 4.78 is 0. The van der Waals surface area contributed by atoms with Gasteiger partial charge in [0.15, 0.2) is 11.6 Å². The molecule has 1 aliphatic heterocycles. The molecule has 0 bridgehead atoms. The van der Waals surface area contributed by atoms with Gasteiger partial charge in [0.1, 0.15) is 0 Å². The second-order valence-corrected chi connectivity index (χ2v) is 9.33. The number of anilines is 2. The first-order valence-corrected chi connectivity index (χ1v) is 11.7. The minimum Gasteiger partial charge on any atom is -0.364 e. The Morgan fingerprint density at radius 3 is 2.53 bits per heavy atom. The Morgan fingerprint density at radius 2 is 1.81 bits per heavy atom. The van der Waals surface area contributed by atoms with Crippen molar-refractivity contribution in [1.29, 1.82) is 5.26 Å². The van der Waals surface area contributed by atoms with Crippen LogP contribution in [-0.4, -0.2) is 47.1 Å². The zero-order valence-corrected chi connectivity index (χ0v) is 19.2. The molecule has 0 spiro atoms. The summed E-state index contributed by atoms with van der Waals surface area (Å²) in [6, 6.07) is 13.8. The van der Waals surface area contributed by atoms with E-state index in [1.54, 1.807) is 6.07 Å². The number of piperazine rings is 1. The fraction of sp³-hybridized carbons (Fsp3) is 0.375. The Bertz CT molecular complexity index is 1180. The van der Waals surface area contributed by atoms with Crippen molar-refractivity contribution in [2.75, 3.05) is 36.4 Å². The van der Waals surface area contributed by atoms with Crippen LogP contribution in [-0.2, 0) is 6.54 Å². The molecule has 1 saturated heterocycles. The third kappa shape index (κ3) is 4.47. The van der Waals surface area contributed by atoms with Gasteiger partial charge < -0.3 is 10.2 Å². The minimum absolute atomic E-state index is 0.463. The number of benzene rings is 2. The van der Waals surface area contributed by atoms with Gasteiger partial charge in [-0.3, -0.25) is 4.90 Å². The summed E-state index contributed by atoms with van der Waals surface area (Å²) >= 11 is 12.5. The zero-order valence-electron chi connectivity index (χ0n) is 17.7. The Labute approximate surface area is 197 Å². The third-order valence-electron chi connectivity index (χ3n) is 6.29. The van der Waals surface area contributed by atoms with Crippen molar-refractivity contribution in [1.82, 2.24) is 14.9 Å². The van der Waals surface area contributed by atoms with Gasteiger partial charge in [-0.2, -0.15) is 5.26 Å². The van der Waals surface area contributed by atoms with E-state index in [0.29, 0.717) is 16.6 Å². The fourth-order valence-corrected chi connectivity index (χ4v) is 4.57. The highest BCUT2D eigenvalue weighted by molar-refractivity contribution is 6.33. The van der Waals surface area contributed by atoms with Gasteiger partial charge in [-0.05, 0) is 61.2 Å². The lowest BCUT2D eigenvalue weighted by Crippen LogP contribution is -2.46. The maximum atomic E-state index is 9.27. The molecule has 3 aromatic rings. The summed E-state index contributed by atoms with van der Waals surface area (Å²) in [7, 11) is 0. The summed E-state index contributed by atoms with van der Waals surface area (Å²) in [5.41, 5.74) is 3.21. The molecule has 1 N–H and O–H groups in total. The highest BCUT2D eigenvalue weighted by atomic mass is 35.5. The van der Waals surface area contributed by atoms with E-state index in [1.165, 1.54) is 19.3 Å². The first-order chi connectivity index (χ1) is 15.6. The van der Waals surface area contributed by atoms with E-state index < -0.39 is 0 Å². The second kappa shape index (κ2) is 9.11. The van der Waals surface area contributed by atoms with Gasteiger partial charge in [-0.15, -0.1) is 0 Å². The van der Waals surface area contributed by atoms with Crippen LogP contribution in [0.2, 0.25) is 10.0 Å². The second-order valence-electron chi connectivity index (χ2n) is 8.48. The summed E-state index contributed by atoms with van der Waals surface area (Å²) in [4.78, 5) is 14.5. The minimum atomic E-state index is 0.463. The number of nitrogens with zero attached hydrogens (tertiary/aromatic N) is 5. The average molecular weight is 467 g/mol. The van der Waals surface area contributed by atoms with Crippen molar-refractivity contribution in [2.45, 2.75) is 31.8 Å². The van der Waals surface area contributed by atoms with E-state index in [2.05, 4.69) is 21.2 Å². The number of fused-ring (bicyclic) bond motifs is 1. The van der Waals surface area contributed by atoms with Crippen molar-refractivity contribution in [2.24, 2.45) is 0 Å². The number of hydrogen-bond donors (Lipinski definition) is 1. The highest BCUT2D eigenvalue weighted by Gasteiger charge is 2.25. The molecular weight excluding hydrogens is 443 g/mol. The van der Waals surface area contributed by atoms with Crippen molar-refractivity contribution < 1.29 is 0 Å². The molecule has 164 valence electrons. The quantitative estimate of drug-likeness (QED) is 0.564. The molecule has 0 atom stereocenters. The summed E-state index contributed by atoms with van der Waals surface area (Å²) in [5.74, 6) is 1.72. The van der Waals surface area contributed by atoms with Crippen LogP contribution in [0.25, 0.3) is 11.0 Å². The molecular formula is C24H24Cl2N6. The molecule has 2 heterocycles. The number of rotatable bonds is 5. The maximum Gasteiger partial charge on any atom is 0.172 e. The van der Waals surface area contributed by atoms with Gasteiger partial charge in [0, 0.05) is 48.8 Å². The first kappa shape index (κ1) is 21.3. The normalized spacial score (nSPS) is 17.2. The molecule has 2 aliphatic rings. The lowest BCUT2D eigenvalue weighted by molar-refractivity contribution is 0.249. The Kier molecular flexibility index (Phi) is 6.05. The smallest absolute Gasteiger partial charge is 0.172 e. The van der Waals surface area contributed by atoms with Gasteiger partial charge in [0.05, 0.1) is 22.7 Å². The predicted octanol–water partition coefficient (Wildman–Crippen LogP) is 5.09. The van der Waals surface area contributed by atoms with Crippen LogP contribution in [0.3, 0.4) is 0 Å². The van der Waals surface area contributed by atoms with E-state index in [9.17, 15) is 5.26 Å². The van der Waals surface area contributed by atoms with Gasteiger partial charge in [0.2, 0.25) is 0 Å². The van der Waals surface area contributed by atoms with Crippen LogP contribution in [0.15, 0.2) is 36.4 Å². The van der Waals surface area contributed by atoms with Crippen LogP contribution in [0.1, 0.15) is 30.4 Å². The van der Waals surface area contributed by atoms with E-state index >= 15 is 0 Å². The van der Waals surface area contributed by atoms with Crippen LogP contribution < -0.4 is 10.2 Å². The summed E-state index contributed by atoms with van der Waals surface area (Å²) in [6.45, 7) is 4.24. The largest absolute Gasteiger partial charge is 0.364 e. The standard InChI is InChI=1S/C24H24Cl2N6/c25-18-5-6-20(26)17(13-18)15-31-8-10-32(11-9-31)24-23(28-19-2-1-3-19)29-21-7-4-16(14-27)12-22(21)30-24/h4-7,12-13,19H,1-3,8-11,15H2,(H,28,29). The number of halogens is 2. The molecule has 0 radical (unpaired) electrons. The number of hydrogen-bond acceptors (Lipinski definition) is 6. The fourth-order valence-electron chi connectivity index (χ4n) is 4.20. The summed E-state index contributed by atoms with van der Waals surface area (Å²) in [6.07, 6.45) is 3.59. The molecule has 8 heteroatoms. The number of nitriles is 1. The molecule has 6 nitrogen and oxygen atoms in total. The predicted molar refractivity (Wildman–Crippen MR) is 129 cm³/mol. The van der Waals surface area contributed by atoms with E-state index in [4.69, 9.17) is 33.2 Å². The van der Waals surface area contributed by atoms with Crippen molar-refractivity contribution in [3.63, 3.8) is 0 Å². The Balaban J connectivity index is 1.36. The molecule has 1 saturated carbocycles. The van der Waals surface area contributed by atoms with Crippen molar-refractivity contribution >= 4 is 45.9 Å². The molecule has 5 rings (SSSR count). The lowest BCUT2D eigenvalue weighted by atomic mass is 9.93. The van der Waals surface area contributed by atoms with Crippen molar-refractivity contribution in [3.8, 4) is 6.07 Å². The van der Waals surface area contributed by atoms with E-state index in [1.807, 2.05) is 30.3 Å². The van der Waals surface area contributed by atoms with Gasteiger partial charge in [-0.25, -0.2) is 9.97 Å². The zero-order chi connectivity index (χ0) is 22.1. The molecule has 32 heavy (non-hydrogen) atoms. The lowest BCUT2D eigenvalue weighted by Gasteiger charge is -2.37. The van der Waals surface area contributed by atoms with Crippen molar-refractivity contribution in [3.05, 3.63) is 57.6 Å². The van der Waals surface area contributed by atoms with E-state index in [0.717, 1.165) is 66.0 Å².